The van der Waals surface area contributed by atoms with Gasteiger partial charge in [-0.1, -0.05) is 12.1 Å². The quantitative estimate of drug-likeness (QED) is 0.752. The number of ether oxygens (including phenoxy) is 2. The molecule has 0 bridgehead atoms. The van der Waals surface area contributed by atoms with Gasteiger partial charge in [-0.05, 0) is 11.6 Å². The molecule has 0 aliphatic rings. The molecule has 0 unspecified atom stereocenters. The summed E-state index contributed by atoms with van der Waals surface area (Å²) >= 11 is 0. The molecule has 0 atom stereocenters. The summed E-state index contributed by atoms with van der Waals surface area (Å²) in [4.78, 5) is 0. The van der Waals surface area contributed by atoms with E-state index in [1.54, 1.807) is 19.2 Å². The van der Waals surface area contributed by atoms with Crippen LogP contribution < -0.4 is 5.23 Å². The van der Waals surface area contributed by atoms with Crippen molar-refractivity contribution in [2.75, 3.05) is 19.4 Å². The summed E-state index contributed by atoms with van der Waals surface area (Å²) in [7, 11) is 3.09. The second-order valence-electron chi connectivity index (χ2n) is 3.10. The van der Waals surface area contributed by atoms with Crippen LogP contribution in [-0.4, -0.2) is 19.4 Å². The topological polar surface area (TPSA) is 65.0 Å². The molecule has 1 aromatic rings. The highest BCUT2D eigenvalue weighted by molar-refractivity contribution is 5.53. The van der Waals surface area contributed by atoms with E-state index in [2.05, 4.69) is 0 Å². The van der Waals surface area contributed by atoms with Gasteiger partial charge < -0.3 is 19.9 Å². The van der Waals surface area contributed by atoms with Crippen molar-refractivity contribution >= 4 is 5.69 Å². The van der Waals surface area contributed by atoms with Gasteiger partial charge in [-0.3, -0.25) is 5.21 Å². The summed E-state index contributed by atoms with van der Waals surface area (Å²) in [6, 6.07) is 5.13. The average molecular weight is 212 g/mol. The fourth-order valence-electron chi connectivity index (χ4n) is 1.32. The minimum Gasteiger partial charge on any atom is -0.733 e. The van der Waals surface area contributed by atoms with Crippen LogP contribution in [0.2, 0.25) is 0 Å². The molecule has 0 saturated heterocycles. The van der Waals surface area contributed by atoms with E-state index in [4.69, 9.17) is 14.7 Å². The molecule has 0 spiro atoms. The molecule has 0 radical (unpaired) electrons. The summed E-state index contributed by atoms with van der Waals surface area (Å²) in [6.45, 7) is 0.677. The molecule has 0 fully saturated rings. The number of methoxy groups -OCH3 is 2. The average Bonchev–Trinajstić information content (AvgIpc) is 2.21. The summed E-state index contributed by atoms with van der Waals surface area (Å²) in [6.07, 6.45) is 0. The van der Waals surface area contributed by atoms with E-state index < -0.39 is 0 Å². The van der Waals surface area contributed by atoms with E-state index in [9.17, 15) is 5.21 Å². The normalized spacial score (nSPS) is 10.4. The molecule has 0 aliphatic heterocycles. The van der Waals surface area contributed by atoms with Crippen molar-refractivity contribution in [3.63, 3.8) is 0 Å². The van der Waals surface area contributed by atoms with Crippen molar-refractivity contribution in [1.29, 1.82) is 0 Å². The Labute approximate surface area is 88.4 Å². The Balaban J connectivity index is 2.97. The van der Waals surface area contributed by atoms with Gasteiger partial charge in [0.15, 0.2) is 0 Å². The van der Waals surface area contributed by atoms with Crippen molar-refractivity contribution < 1.29 is 14.7 Å². The Bertz CT molecular complexity index is 314. The molecule has 0 saturated carbocycles. The van der Waals surface area contributed by atoms with E-state index in [-0.39, 0.29) is 17.5 Å². The zero-order valence-electron chi connectivity index (χ0n) is 8.77. The lowest BCUT2D eigenvalue weighted by Crippen LogP contribution is -2.11. The maximum atomic E-state index is 10.9. The Morgan fingerprint density at radius 1 is 1.27 bits per heavy atom. The van der Waals surface area contributed by atoms with Crippen LogP contribution in [0.4, 0.5) is 5.69 Å². The monoisotopic (exact) mass is 212 g/mol. The van der Waals surface area contributed by atoms with Gasteiger partial charge in [0, 0.05) is 19.8 Å². The minimum atomic E-state index is -0.159. The van der Waals surface area contributed by atoms with Crippen LogP contribution in [0.25, 0.3) is 0 Å². The van der Waals surface area contributed by atoms with Gasteiger partial charge in [-0.2, -0.15) is 0 Å². The largest absolute Gasteiger partial charge is 0.733 e. The first-order valence-electron chi connectivity index (χ1n) is 4.45. The lowest BCUT2D eigenvalue weighted by molar-refractivity contribution is 0.181. The van der Waals surface area contributed by atoms with Gasteiger partial charge in [0.05, 0.1) is 18.9 Å². The maximum Gasteiger partial charge on any atom is 0.0733 e. The molecule has 1 aromatic carbocycles. The van der Waals surface area contributed by atoms with Gasteiger partial charge in [-0.25, -0.2) is 0 Å². The molecule has 0 aliphatic carbocycles. The van der Waals surface area contributed by atoms with Crippen LogP contribution in [0.1, 0.15) is 11.1 Å². The Morgan fingerprint density at radius 3 is 2.47 bits per heavy atom. The van der Waals surface area contributed by atoms with E-state index in [0.29, 0.717) is 12.2 Å². The smallest absolute Gasteiger partial charge is 0.0733 e. The molecule has 84 valence electrons. The van der Waals surface area contributed by atoms with Crippen LogP contribution in [0, 0.1) is 5.21 Å². The highest BCUT2D eigenvalue weighted by Crippen LogP contribution is 2.21. The van der Waals surface area contributed by atoms with Crippen LogP contribution in [-0.2, 0) is 22.7 Å². The van der Waals surface area contributed by atoms with E-state index in [1.165, 1.54) is 7.11 Å². The first kappa shape index (κ1) is 11.9. The molecule has 0 heterocycles. The van der Waals surface area contributed by atoms with E-state index in [0.717, 1.165) is 5.56 Å². The fourth-order valence-corrected chi connectivity index (χ4v) is 1.32. The number of benzene rings is 1. The third-order valence-electron chi connectivity index (χ3n) is 1.97. The summed E-state index contributed by atoms with van der Waals surface area (Å²) < 4.78 is 9.84. The van der Waals surface area contributed by atoms with Crippen LogP contribution in [0.5, 0.6) is 0 Å². The first-order chi connectivity index (χ1) is 7.19. The summed E-state index contributed by atoms with van der Waals surface area (Å²) in [5, 5.41) is 19.6. The zero-order valence-corrected chi connectivity index (χ0v) is 8.77. The SMILES string of the molecule is COCc1ccc(COC)c(N([O-])O)c1. The predicted molar refractivity (Wildman–Crippen MR) is 55.5 cm³/mol. The van der Waals surface area contributed by atoms with Gasteiger partial charge in [0.25, 0.3) is 0 Å². The van der Waals surface area contributed by atoms with Crippen LogP contribution in [0.15, 0.2) is 18.2 Å². The standard InChI is InChI=1S/C10H14NO4/c1-14-6-8-3-4-9(7-15-2)10(5-8)11(12)13/h3-5,12H,6-7H2,1-2H3/q-1. The second-order valence-corrected chi connectivity index (χ2v) is 3.10. The lowest BCUT2D eigenvalue weighted by Gasteiger charge is -2.25. The molecule has 5 nitrogen and oxygen atoms in total. The highest BCUT2D eigenvalue weighted by Gasteiger charge is 2.04. The number of nitrogens with zero attached hydrogens (tertiary/aromatic N) is 1. The predicted octanol–water partition coefficient (Wildman–Crippen LogP) is 1.67. The molecule has 0 amide bonds. The Kier molecular flexibility index (Phi) is 4.51. The summed E-state index contributed by atoms with van der Waals surface area (Å²) in [5.41, 5.74) is 1.64. The van der Waals surface area contributed by atoms with Gasteiger partial charge in [0.1, 0.15) is 0 Å². The van der Waals surface area contributed by atoms with Crippen molar-refractivity contribution in [2.24, 2.45) is 0 Å². The van der Waals surface area contributed by atoms with Gasteiger partial charge in [0.2, 0.25) is 0 Å². The number of rotatable bonds is 5. The number of hydrogen-bond acceptors (Lipinski definition) is 5. The third kappa shape index (κ3) is 3.17. The molecular weight excluding hydrogens is 198 g/mol. The Hall–Kier alpha value is -1.14. The maximum absolute atomic E-state index is 10.9. The van der Waals surface area contributed by atoms with Gasteiger partial charge >= 0.3 is 0 Å². The van der Waals surface area contributed by atoms with Crippen LogP contribution >= 0.6 is 0 Å². The second kappa shape index (κ2) is 5.67. The van der Waals surface area contributed by atoms with Gasteiger partial charge in [-0.15, -0.1) is 0 Å². The van der Waals surface area contributed by atoms with Crippen molar-refractivity contribution in [1.82, 2.24) is 0 Å². The number of anilines is 1. The lowest BCUT2D eigenvalue weighted by atomic mass is 10.1. The highest BCUT2D eigenvalue weighted by atomic mass is 16.8. The van der Waals surface area contributed by atoms with E-state index in [1.807, 2.05) is 6.07 Å². The summed E-state index contributed by atoms with van der Waals surface area (Å²) in [5.74, 6) is 0. The van der Waals surface area contributed by atoms with Crippen molar-refractivity contribution in [3.05, 3.63) is 34.5 Å². The molecule has 1 N–H and O–H groups in total. The zero-order chi connectivity index (χ0) is 11.3. The molecule has 0 aromatic heterocycles. The molecule has 15 heavy (non-hydrogen) atoms. The number of hydrogen-bond donors (Lipinski definition) is 1. The molecular formula is C10H14NO4-. The molecule has 5 heteroatoms. The molecule has 1 rings (SSSR count). The first-order valence-corrected chi connectivity index (χ1v) is 4.45. The minimum absolute atomic E-state index is 0.159. The Morgan fingerprint density at radius 2 is 1.93 bits per heavy atom. The third-order valence-corrected chi connectivity index (χ3v) is 1.97. The van der Waals surface area contributed by atoms with Crippen LogP contribution in [0.3, 0.4) is 0 Å². The van der Waals surface area contributed by atoms with Crippen molar-refractivity contribution in [3.8, 4) is 0 Å². The fraction of sp³-hybridized carbons (Fsp3) is 0.400. The van der Waals surface area contributed by atoms with E-state index >= 15 is 0 Å². The van der Waals surface area contributed by atoms with Crippen molar-refractivity contribution in [2.45, 2.75) is 13.2 Å².